The van der Waals surface area contributed by atoms with E-state index in [2.05, 4.69) is 10.6 Å². The third-order valence-electron chi connectivity index (χ3n) is 4.16. The molecule has 1 fully saturated rings. The Bertz CT molecular complexity index is 765. The van der Waals surface area contributed by atoms with Crippen molar-refractivity contribution in [2.45, 2.75) is 29.8 Å². The van der Waals surface area contributed by atoms with Crippen molar-refractivity contribution in [3.63, 3.8) is 0 Å². The van der Waals surface area contributed by atoms with Gasteiger partial charge < -0.3 is 15.4 Å². The van der Waals surface area contributed by atoms with E-state index >= 15 is 0 Å². The van der Waals surface area contributed by atoms with Crippen LogP contribution >= 0.6 is 23.4 Å². The molecule has 0 unspecified atom stereocenters. The summed E-state index contributed by atoms with van der Waals surface area (Å²) >= 11 is 7.32. The first-order chi connectivity index (χ1) is 13.1. The summed E-state index contributed by atoms with van der Waals surface area (Å²) in [6.45, 7) is -0.0388. The number of benzene rings is 2. The van der Waals surface area contributed by atoms with E-state index in [4.69, 9.17) is 16.3 Å². The van der Waals surface area contributed by atoms with E-state index in [1.807, 2.05) is 30.3 Å². The minimum Gasteiger partial charge on any atom is -0.484 e. The summed E-state index contributed by atoms with van der Waals surface area (Å²) in [6.07, 6.45) is 1.49. The monoisotopic (exact) mass is 404 g/mol. The number of halogens is 1. The number of amides is 2. The summed E-state index contributed by atoms with van der Waals surface area (Å²) < 4.78 is 5.41. The molecule has 2 aromatic rings. The van der Waals surface area contributed by atoms with E-state index in [0.29, 0.717) is 16.5 Å². The lowest BCUT2D eigenvalue weighted by Gasteiger charge is -2.36. The van der Waals surface area contributed by atoms with Crippen LogP contribution in [-0.4, -0.2) is 36.3 Å². The van der Waals surface area contributed by atoms with Gasteiger partial charge in [-0.2, -0.15) is 0 Å². The zero-order chi connectivity index (χ0) is 19.1. The van der Waals surface area contributed by atoms with Gasteiger partial charge in [0.1, 0.15) is 5.75 Å². The molecular weight excluding hydrogens is 384 g/mol. The van der Waals surface area contributed by atoms with E-state index in [1.165, 1.54) is 11.8 Å². The molecule has 2 N–H and O–H groups in total. The van der Waals surface area contributed by atoms with Crippen molar-refractivity contribution in [1.29, 1.82) is 0 Å². The molecule has 5 nitrogen and oxygen atoms in total. The SMILES string of the molecule is O=C(COc1ccc(Cl)cc1)NC1CC(NC(=O)CSc2ccccc2)C1. The fourth-order valence-corrected chi connectivity index (χ4v) is 3.59. The summed E-state index contributed by atoms with van der Waals surface area (Å²) in [7, 11) is 0. The first kappa shape index (κ1) is 19.6. The number of rotatable bonds is 8. The molecule has 0 aliphatic heterocycles. The summed E-state index contributed by atoms with van der Waals surface area (Å²) in [4.78, 5) is 25.0. The highest BCUT2D eigenvalue weighted by Gasteiger charge is 2.31. The maximum absolute atomic E-state index is 12.0. The van der Waals surface area contributed by atoms with Crippen LogP contribution in [0.25, 0.3) is 0 Å². The van der Waals surface area contributed by atoms with Crippen LogP contribution in [0.4, 0.5) is 0 Å². The molecule has 0 saturated heterocycles. The molecule has 2 amide bonds. The number of thioether (sulfide) groups is 1. The van der Waals surface area contributed by atoms with Gasteiger partial charge in [0.05, 0.1) is 5.75 Å². The minimum atomic E-state index is -0.167. The van der Waals surface area contributed by atoms with Gasteiger partial charge in [0, 0.05) is 22.0 Å². The number of nitrogens with one attached hydrogen (secondary N) is 2. The number of hydrogen-bond donors (Lipinski definition) is 2. The van der Waals surface area contributed by atoms with Crippen molar-refractivity contribution in [3.05, 3.63) is 59.6 Å². The van der Waals surface area contributed by atoms with Crippen LogP contribution in [0.15, 0.2) is 59.5 Å². The Hall–Kier alpha value is -2.18. The van der Waals surface area contributed by atoms with Gasteiger partial charge in [-0.05, 0) is 49.2 Å². The Morgan fingerprint density at radius 1 is 0.963 bits per heavy atom. The van der Waals surface area contributed by atoms with Crippen molar-refractivity contribution in [2.75, 3.05) is 12.4 Å². The van der Waals surface area contributed by atoms with E-state index in [9.17, 15) is 9.59 Å². The first-order valence-corrected chi connectivity index (χ1v) is 10.1. The minimum absolute atomic E-state index is 0.0182. The molecule has 1 aliphatic rings. The molecule has 0 radical (unpaired) electrons. The molecule has 0 spiro atoms. The van der Waals surface area contributed by atoms with Crippen molar-refractivity contribution in [2.24, 2.45) is 0 Å². The van der Waals surface area contributed by atoms with Gasteiger partial charge in [-0.15, -0.1) is 11.8 Å². The van der Waals surface area contributed by atoms with Crippen LogP contribution in [0.1, 0.15) is 12.8 Å². The van der Waals surface area contributed by atoms with Gasteiger partial charge in [0.15, 0.2) is 6.61 Å². The topological polar surface area (TPSA) is 67.4 Å². The predicted molar refractivity (Wildman–Crippen MR) is 107 cm³/mol. The molecule has 142 valence electrons. The lowest BCUT2D eigenvalue weighted by molar-refractivity contribution is -0.124. The third kappa shape index (κ3) is 6.48. The van der Waals surface area contributed by atoms with Crippen molar-refractivity contribution >= 4 is 35.2 Å². The predicted octanol–water partition coefficient (Wildman–Crippen LogP) is 3.27. The quantitative estimate of drug-likeness (QED) is 0.662. The van der Waals surface area contributed by atoms with Crippen LogP contribution < -0.4 is 15.4 Å². The van der Waals surface area contributed by atoms with E-state index < -0.39 is 0 Å². The molecule has 0 heterocycles. The molecule has 0 bridgehead atoms. The second kappa shape index (κ2) is 9.67. The zero-order valence-corrected chi connectivity index (χ0v) is 16.3. The Balaban J connectivity index is 1.28. The Morgan fingerprint density at radius 2 is 1.59 bits per heavy atom. The largest absolute Gasteiger partial charge is 0.484 e. The van der Waals surface area contributed by atoms with Crippen molar-refractivity contribution in [1.82, 2.24) is 10.6 Å². The van der Waals surface area contributed by atoms with Crippen LogP contribution in [0, 0.1) is 0 Å². The number of carbonyl (C=O) groups is 2. The van der Waals surface area contributed by atoms with Crippen molar-refractivity contribution < 1.29 is 14.3 Å². The Kier molecular flexibility index (Phi) is 7.01. The molecular formula is C20H21ClN2O3S. The molecule has 3 rings (SSSR count). The van der Waals surface area contributed by atoms with E-state index in [-0.39, 0.29) is 30.5 Å². The third-order valence-corrected chi connectivity index (χ3v) is 5.43. The lowest BCUT2D eigenvalue weighted by Crippen LogP contribution is -2.54. The average molecular weight is 405 g/mol. The van der Waals surface area contributed by atoms with Gasteiger partial charge in [-0.25, -0.2) is 0 Å². The Morgan fingerprint density at radius 3 is 2.26 bits per heavy atom. The second-order valence-corrected chi connectivity index (χ2v) is 7.83. The first-order valence-electron chi connectivity index (χ1n) is 8.73. The number of ether oxygens (including phenoxy) is 1. The lowest BCUT2D eigenvalue weighted by atomic mass is 9.86. The number of carbonyl (C=O) groups excluding carboxylic acids is 2. The maximum atomic E-state index is 12.0. The highest BCUT2D eigenvalue weighted by Crippen LogP contribution is 2.21. The number of hydrogen-bond acceptors (Lipinski definition) is 4. The van der Waals surface area contributed by atoms with Crippen molar-refractivity contribution in [3.8, 4) is 5.75 Å². The van der Waals surface area contributed by atoms with Crippen LogP contribution in [-0.2, 0) is 9.59 Å². The van der Waals surface area contributed by atoms with Crippen LogP contribution in [0.5, 0.6) is 5.75 Å². The van der Waals surface area contributed by atoms with E-state index in [0.717, 1.165) is 17.7 Å². The van der Waals surface area contributed by atoms with Gasteiger partial charge in [0.2, 0.25) is 5.91 Å². The molecule has 2 aromatic carbocycles. The summed E-state index contributed by atoms with van der Waals surface area (Å²) in [5.74, 6) is 0.847. The Labute approximate surface area is 167 Å². The summed E-state index contributed by atoms with van der Waals surface area (Å²) in [6, 6.07) is 16.9. The molecule has 0 atom stereocenters. The smallest absolute Gasteiger partial charge is 0.258 e. The summed E-state index contributed by atoms with van der Waals surface area (Å²) in [5, 5.41) is 6.53. The van der Waals surface area contributed by atoms with E-state index in [1.54, 1.807) is 24.3 Å². The highest BCUT2D eigenvalue weighted by atomic mass is 35.5. The fourth-order valence-electron chi connectivity index (χ4n) is 2.74. The highest BCUT2D eigenvalue weighted by molar-refractivity contribution is 8.00. The standard InChI is InChI=1S/C20H21ClN2O3S/c21-14-6-8-17(9-7-14)26-12-19(24)22-15-10-16(11-15)23-20(25)13-27-18-4-2-1-3-5-18/h1-9,15-16H,10-13H2,(H,22,24)(H,23,25). The molecule has 27 heavy (non-hydrogen) atoms. The average Bonchev–Trinajstić information content (AvgIpc) is 2.65. The normalized spacial score (nSPS) is 18.3. The fraction of sp³-hybridized carbons (Fsp3) is 0.300. The van der Waals surface area contributed by atoms with Gasteiger partial charge in [0.25, 0.3) is 5.91 Å². The summed E-state index contributed by atoms with van der Waals surface area (Å²) in [5.41, 5.74) is 0. The molecule has 1 aliphatic carbocycles. The molecule has 0 aromatic heterocycles. The second-order valence-electron chi connectivity index (χ2n) is 6.34. The van der Waals surface area contributed by atoms with Gasteiger partial charge >= 0.3 is 0 Å². The maximum Gasteiger partial charge on any atom is 0.258 e. The van der Waals surface area contributed by atoms with Gasteiger partial charge in [-0.3, -0.25) is 9.59 Å². The van der Waals surface area contributed by atoms with Crippen LogP contribution in [0.2, 0.25) is 5.02 Å². The van der Waals surface area contributed by atoms with Crippen LogP contribution in [0.3, 0.4) is 0 Å². The molecule has 1 saturated carbocycles. The van der Waals surface area contributed by atoms with Gasteiger partial charge in [-0.1, -0.05) is 29.8 Å². The zero-order valence-electron chi connectivity index (χ0n) is 14.7. The molecule has 7 heteroatoms.